The SMILES string of the molecule is CC(C)c1ccc(F)c(N2CCC(Oc3ccc(N4N=C(C(F)(F)F)[C@@H](C)[C@@H]4CC(=O)O)cc3)CC2)c1. The minimum Gasteiger partial charge on any atom is -0.490 e. The summed E-state index contributed by atoms with van der Waals surface area (Å²) in [6.07, 6.45) is -3.81. The Labute approximate surface area is 213 Å². The lowest BCUT2D eigenvalue weighted by atomic mass is 9.94. The van der Waals surface area contributed by atoms with Gasteiger partial charge in [0.2, 0.25) is 0 Å². The van der Waals surface area contributed by atoms with E-state index in [9.17, 15) is 27.5 Å². The van der Waals surface area contributed by atoms with Crippen LogP contribution in [0.5, 0.6) is 5.75 Å². The van der Waals surface area contributed by atoms with Gasteiger partial charge in [-0.15, -0.1) is 0 Å². The molecule has 0 bridgehead atoms. The molecule has 37 heavy (non-hydrogen) atoms. The molecule has 0 radical (unpaired) electrons. The zero-order valence-corrected chi connectivity index (χ0v) is 21.0. The van der Waals surface area contributed by atoms with Crippen LogP contribution in [0, 0.1) is 11.7 Å². The van der Waals surface area contributed by atoms with E-state index in [-0.39, 0.29) is 11.9 Å². The lowest BCUT2D eigenvalue weighted by Crippen LogP contribution is -2.38. The molecule has 10 heteroatoms. The quantitative estimate of drug-likeness (QED) is 0.439. The predicted octanol–water partition coefficient (Wildman–Crippen LogP) is 6.21. The number of carbonyl (C=O) groups is 1. The van der Waals surface area contributed by atoms with Crippen molar-refractivity contribution in [3.63, 3.8) is 0 Å². The zero-order chi connectivity index (χ0) is 26.9. The topological polar surface area (TPSA) is 65.4 Å². The van der Waals surface area contributed by atoms with Gasteiger partial charge in [-0.2, -0.15) is 18.3 Å². The second-order valence-corrected chi connectivity index (χ2v) is 9.95. The Morgan fingerprint density at radius 2 is 1.78 bits per heavy atom. The minimum absolute atomic E-state index is 0.0835. The van der Waals surface area contributed by atoms with Crippen molar-refractivity contribution in [2.24, 2.45) is 11.0 Å². The number of alkyl halides is 3. The number of anilines is 2. The molecule has 0 spiro atoms. The zero-order valence-electron chi connectivity index (χ0n) is 21.0. The van der Waals surface area contributed by atoms with Crippen LogP contribution in [-0.4, -0.2) is 48.2 Å². The molecule has 2 atom stereocenters. The highest BCUT2D eigenvalue weighted by Gasteiger charge is 2.48. The second-order valence-electron chi connectivity index (χ2n) is 9.95. The summed E-state index contributed by atoms with van der Waals surface area (Å²) in [6, 6.07) is 10.8. The van der Waals surface area contributed by atoms with Gasteiger partial charge in [0, 0.05) is 31.8 Å². The van der Waals surface area contributed by atoms with Crippen LogP contribution < -0.4 is 14.6 Å². The third-order valence-corrected chi connectivity index (χ3v) is 7.04. The molecule has 1 saturated heterocycles. The van der Waals surface area contributed by atoms with Gasteiger partial charge in [-0.3, -0.25) is 9.80 Å². The highest BCUT2D eigenvalue weighted by Crippen LogP contribution is 2.37. The van der Waals surface area contributed by atoms with Crippen LogP contribution in [0.3, 0.4) is 0 Å². The van der Waals surface area contributed by atoms with Crippen LogP contribution in [0.2, 0.25) is 0 Å². The third kappa shape index (κ3) is 5.99. The maximum atomic E-state index is 14.5. The van der Waals surface area contributed by atoms with Crippen molar-refractivity contribution in [3.8, 4) is 5.75 Å². The van der Waals surface area contributed by atoms with Crippen molar-refractivity contribution < 1.29 is 32.2 Å². The minimum atomic E-state index is -4.64. The Morgan fingerprint density at radius 3 is 2.35 bits per heavy atom. The lowest BCUT2D eigenvalue weighted by molar-refractivity contribution is -0.137. The largest absolute Gasteiger partial charge is 0.490 e. The van der Waals surface area contributed by atoms with E-state index in [1.807, 2.05) is 17.0 Å². The Morgan fingerprint density at radius 1 is 1.14 bits per heavy atom. The van der Waals surface area contributed by atoms with Gasteiger partial charge in [0.15, 0.2) is 0 Å². The number of carboxylic acid groups (broad SMARTS) is 1. The molecule has 2 aromatic rings. The molecule has 2 aliphatic rings. The van der Waals surface area contributed by atoms with Gasteiger partial charge in [-0.1, -0.05) is 26.8 Å². The van der Waals surface area contributed by atoms with Gasteiger partial charge in [-0.25, -0.2) is 4.39 Å². The fourth-order valence-electron chi connectivity index (χ4n) is 4.90. The molecule has 1 fully saturated rings. The molecule has 2 heterocycles. The average Bonchev–Trinajstić information content (AvgIpc) is 3.16. The molecule has 6 nitrogen and oxygen atoms in total. The number of hydrazone groups is 1. The Balaban J connectivity index is 1.41. The summed E-state index contributed by atoms with van der Waals surface area (Å²) in [4.78, 5) is 13.3. The van der Waals surface area contributed by atoms with Gasteiger partial charge in [-0.05, 0) is 47.9 Å². The number of hydrogen-bond acceptors (Lipinski definition) is 5. The molecule has 2 aromatic carbocycles. The van der Waals surface area contributed by atoms with Gasteiger partial charge in [0.1, 0.15) is 23.4 Å². The molecule has 200 valence electrons. The van der Waals surface area contributed by atoms with Crippen LogP contribution >= 0.6 is 0 Å². The number of piperidine rings is 1. The molecule has 0 saturated carbocycles. The number of rotatable bonds is 7. The van der Waals surface area contributed by atoms with Gasteiger partial charge < -0.3 is 14.7 Å². The van der Waals surface area contributed by atoms with E-state index in [4.69, 9.17) is 4.74 Å². The Bertz CT molecular complexity index is 1140. The summed E-state index contributed by atoms with van der Waals surface area (Å²) < 4.78 is 60.7. The fourth-order valence-corrected chi connectivity index (χ4v) is 4.90. The van der Waals surface area contributed by atoms with Crippen LogP contribution in [-0.2, 0) is 4.79 Å². The van der Waals surface area contributed by atoms with Gasteiger partial charge in [0.05, 0.1) is 23.8 Å². The highest BCUT2D eigenvalue weighted by molar-refractivity contribution is 5.95. The number of benzene rings is 2. The summed E-state index contributed by atoms with van der Waals surface area (Å²) in [5.41, 5.74) is 1.06. The van der Waals surface area contributed by atoms with Crippen molar-refractivity contribution >= 4 is 23.1 Å². The van der Waals surface area contributed by atoms with Crippen LogP contribution in [0.1, 0.15) is 51.5 Å². The molecule has 0 unspecified atom stereocenters. The van der Waals surface area contributed by atoms with Crippen molar-refractivity contribution in [1.82, 2.24) is 0 Å². The third-order valence-electron chi connectivity index (χ3n) is 7.04. The van der Waals surface area contributed by atoms with E-state index >= 15 is 0 Å². The molecule has 0 amide bonds. The van der Waals surface area contributed by atoms with Crippen molar-refractivity contribution in [1.29, 1.82) is 0 Å². The second kappa shape index (κ2) is 10.6. The summed E-state index contributed by atoms with van der Waals surface area (Å²) in [6.45, 7) is 6.76. The Hall–Kier alpha value is -3.30. The summed E-state index contributed by atoms with van der Waals surface area (Å²) >= 11 is 0. The number of nitrogens with zero attached hydrogens (tertiary/aromatic N) is 3. The molecule has 4 rings (SSSR count). The van der Waals surface area contributed by atoms with E-state index in [2.05, 4.69) is 18.9 Å². The predicted molar refractivity (Wildman–Crippen MR) is 134 cm³/mol. The van der Waals surface area contributed by atoms with E-state index < -0.39 is 36.2 Å². The average molecular weight is 522 g/mol. The maximum absolute atomic E-state index is 14.5. The first-order valence-electron chi connectivity index (χ1n) is 12.4. The first-order chi connectivity index (χ1) is 17.4. The van der Waals surface area contributed by atoms with Gasteiger partial charge in [0.25, 0.3) is 0 Å². The van der Waals surface area contributed by atoms with Crippen LogP contribution in [0.4, 0.5) is 28.9 Å². The lowest BCUT2D eigenvalue weighted by Gasteiger charge is -2.34. The van der Waals surface area contributed by atoms with Crippen LogP contribution in [0.25, 0.3) is 0 Å². The fraction of sp³-hybridized carbons (Fsp3) is 0.481. The first-order valence-corrected chi connectivity index (χ1v) is 12.4. The molecule has 2 aliphatic heterocycles. The highest BCUT2D eigenvalue weighted by atomic mass is 19.4. The summed E-state index contributed by atoms with van der Waals surface area (Å²) in [5, 5.41) is 14.1. The molecular weight excluding hydrogens is 490 g/mol. The number of aliphatic carboxylic acids is 1. The standard InChI is InChI=1S/C27H31F4N3O3/c1-16(2)18-4-9-22(28)24(14-18)33-12-10-21(11-13-33)37-20-7-5-19(6-8-20)34-23(15-25(35)36)17(3)26(32-34)27(29,30)31/h4-9,14,16-17,21,23H,10-13,15H2,1-3H3,(H,35,36)/t17-,23-/m0/s1. The first kappa shape index (κ1) is 26.8. The number of hydrogen-bond donors (Lipinski definition) is 1. The van der Waals surface area contributed by atoms with Gasteiger partial charge >= 0.3 is 12.1 Å². The van der Waals surface area contributed by atoms with Crippen molar-refractivity contribution in [3.05, 3.63) is 53.8 Å². The summed E-state index contributed by atoms with van der Waals surface area (Å²) in [5.74, 6) is -1.66. The molecule has 0 aliphatic carbocycles. The number of halogens is 4. The normalized spacial score (nSPS) is 20.9. The van der Waals surface area contributed by atoms with Crippen molar-refractivity contribution in [2.45, 2.75) is 64.3 Å². The number of carboxylic acids is 1. The molecular formula is C27H31F4N3O3. The summed E-state index contributed by atoms with van der Waals surface area (Å²) in [7, 11) is 0. The van der Waals surface area contributed by atoms with E-state index in [0.29, 0.717) is 49.0 Å². The molecule has 1 N–H and O–H groups in total. The van der Waals surface area contributed by atoms with E-state index in [1.165, 1.54) is 13.0 Å². The molecule has 0 aromatic heterocycles. The Kier molecular flexibility index (Phi) is 7.66. The van der Waals surface area contributed by atoms with Crippen molar-refractivity contribution in [2.75, 3.05) is 23.0 Å². The van der Waals surface area contributed by atoms with Crippen LogP contribution in [0.15, 0.2) is 47.6 Å². The van der Waals surface area contributed by atoms with E-state index in [0.717, 1.165) is 10.6 Å². The van der Waals surface area contributed by atoms with E-state index in [1.54, 1.807) is 24.3 Å². The number of ether oxygens (including phenoxy) is 1. The monoisotopic (exact) mass is 521 g/mol. The smallest absolute Gasteiger partial charge is 0.431 e. The maximum Gasteiger partial charge on any atom is 0.431 e.